The van der Waals surface area contributed by atoms with Crippen molar-refractivity contribution in [1.29, 1.82) is 0 Å². The number of nitrogens with zero attached hydrogens (tertiary/aromatic N) is 2. The van der Waals surface area contributed by atoms with Crippen molar-refractivity contribution in [3.8, 4) is 0 Å². The van der Waals surface area contributed by atoms with Gasteiger partial charge in [-0.3, -0.25) is 14.6 Å². The van der Waals surface area contributed by atoms with Crippen LogP contribution in [0.4, 0.5) is 0 Å². The van der Waals surface area contributed by atoms with Crippen LogP contribution < -0.4 is 0 Å². The summed E-state index contributed by atoms with van der Waals surface area (Å²) < 4.78 is 1.16. The summed E-state index contributed by atoms with van der Waals surface area (Å²) >= 11 is 5.26. The Bertz CT molecular complexity index is 444. The lowest BCUT2D eigenvalue weighted by Gasteiger charge is -2.39. The van der Waals surface area contributed by atoms with E-state index in [1.807, 2.05) is 4.90 Å². The molecule has 2 unspecified atom stereocenters. The molecule has 19 heavy (non-hydrogen) atoms. The molecule has 2 rings (SSSR count). The molecule has 1 fully saturated rings. The molecular formula is C13H19BrN2O2S. The van der Waals surface area contributed by atoms with Crippen LogP contribution in [-0.2, 0) is 4.79 Å². The van der Waals surface area contributed by atoms with Gasteiger partial charge in [0.15, 0.2) is 0 Å². The molecule has 4 nitrogen and oxygen atoms in total. The molecule has 1 aromatic rings. The molecule has 1 N–H and O–H groups in total. The van der Waals surface area contributed by atoms with Crippen LogP contribution in [0.25, 0.3) is 0 Å². The molecule has 0 spiro atoms. The minimum atomic E-state index is -0.733. The molecule has 1 aliphatic heterocycles. The third-order valence-electron chi connectivity index (χ3n) is 3.81. The zero-order valence-corrected chi connectivity index (χ0v) is 13.6. The lowest BCUT2D eigenvalue weighted by molar-refractivity contribution is -0.143. The smallest absolute Gasteiger partial charge is 0.320 e. The molecule has 1 saturated heterocycles. The quantitative estimate of drug-likeness (QED) is 0.910. The fourth-order valence-electron chi connectivity index (χ4n) is 2.40. The maximum absolute atomic E-state index is 11.0. The Kier molecular flexibility index (Phi) is 5.00. The van der Waals surface area contributed by atoms with E-state index in [1.165, 1.54) is 4.88 Å². The highest BCUT2D eigenvalue weighted by atomic mass is 79.9. The van der Waals surface area contributed by atoms with Gasteiger partial charge in [-0.05, 0) is 41.9 Å². The van der Waals surface area contributed by atoms with E-state index < -0.39 is 5.97 Å². The first-order chi connectivity index (χ1) is 8.99. The normalized spacial score (nSPS) is 21.2. The van der Waals surface area contributed by atoms with Gasteiger partial charge in [-0.2, -0.15) is 0 Å². The van der Waals surface area contributed by atoms with Gasteiger partial charge in [-0.25, -0.2) is 0 Å². The summed E-state index contributed by atoms with van der Waals surface area (Å²) in [5.41, 5.74) is 0. The summed E-state index contributed by atoms with van der Waals surface area (Å²) in [6.45, 7) is 7.48. The van der Waals surface area contributed by atoms with Gasteiger partial charge in [0.2, 0.25) is 0 Å². The summed E-state index contributed by atoms with van der Waals surface area (Å²) in [5, 5.41) is 9.03. The summed E-state index contributed by atoms with van der Waals surface area (Å²) in [6.07, 6.45) is 0. The largest absolute Gasteiger partial charge is 0.480 e. The molecular weight excluding hydrogens is 328 g/mol. The van der Waals surface area contributed by atoms with E-state index >= 15 is 0 Å². The van der Waals surface area contributed by atoms with Gasteiger partial charge in [0.1, 0.15) is 6.04 Å². The van der Waals surface area contributed by atoms with E-state index in [4.69, 9.17) is 5.11 Å². The predicted molar refractivity (Wildman–Crippen MR) is 80.7 cm³/mol. The van der Waals surface area contributed by atoms with Crippen molar-refractivity contribution in [2.24, 2.45) is 0 Å². The van der Waals surface area contributed by atoms with Crippen molar-refractivity contribution in [2.75, 3.05) is 26.2 Å². The molecule has 0 saturated carbocycles. The second-order valence-electron chi connectivity index (χ2n) is 4.90. The topological polar surface area (TPSA) is 43.8 Å². The van der Waals surface area contributed by atoms with Gasteiger partial charge in [0.25, 0.3) is 0 Å². The summed E-state index contributed by atoms with van der Waals surface area (Å²) in [6, 6.07) is 4.26. The van der Waals surface area contributed by atoms with Crippen LogP contribution in [0.3, 0.4) is 0 Å². The SMILES string of the molecule is CC(C(=O)O)N1CCN(C(C)c2ccc(Br)s2)CC1. The minimum Gasteiger partial charge on any atom is -0.480 e. The first-order valence-corrected chi connectivity index (χ1v) is 8.06. The zero-order valence-electron chi connectivity index (χ0n) is 11.2. The van der Waals surface area contributed by atoms with Crippen molar-refractivity contribution >= 4 is 33.2 Å². The number of piperazine rings is 1. The summed E-state index contributed by atoms with van der Waals surface area (Å²) in [4.78, 5) is 16.8. The van der Waals surface area contributed by atoms with Crippen LogP contribution in [0.1, 0.15) is 24.8 Å². The van der Waals surface area contributed by atoms with Crippen molar-refractivity contribution in [3.63, 3.8) is 0 Å². The third kappa shape index (κ3) is 3.56. The van der Waals surface area contributed by atoms with Gasteiger partial charge in [-0.15, -0.1) is 11.3 Å². The standard InChI is InChI=1S/C13H19BrN2O2S/c1-9(11-3-4-12(14)19-11)15-5-7-16(8-6-15)10(2)13(17)18/h3-4,9-10H,5-8H2,1-2H3,(H,17,18). The Morgan fingerprint density at radius 1 is 1.26 bits per heavy atom. The summed E-state index contributed by atoms with van der Waals surface area (Å²) in [5.74, 6) is -0.733. The number of halogens is 1. The monoisotopic (exact) mass is 346 g/mol. The van der Waals surface area contributed by atoms with Crippen LogP contribution >= 0.6 is 27.3 Å². The highest BCUT2D eigenvalue weighted by molar-refractivity contribution is 9.11. The van der Waals surface area contributed by atoms with E-state index in [-0.39, 0.29) is 6.04 Å². The molecule has 0 radical (unpaired) electrons. The van der Waals surface area contributed by atoms with E-state index in [9.17, 15) is 4.79 Å². The van der Waals surface area contributed by atoms with E-state index in [0.717, 1.165) is 30.0 Å². The third-order valence-corrected chi connectivity index (χ3v) is 5.60. The molecule has 0 aromatic carbocycles. The van der Waals surface area contributed by atoms with Gasteiger partial charge < -0.3 is 5.11 Å². The molecule has 2 atom stereocenters. The first-order valence-electron chi connectivity index (χ1n) is 6.45. The number of carboxylic acids is 1. The molecule has 0 bridgehead atoms. The van der Waals surface area contributed by atoms with Gasteiger partial charge in [0, 0.05) is 37.1 Å². The molecule has 1 aliphatic rings. The second-order valence-corrected chi connectivity index (χ2v) is 7.40. The van der Waals surface area contributed by atoms with Crippen molar-refractivity contribution in [2.45, 2.75) is 25.9 Å². The number of aliphatic carboxylic acids is 1. The van der Waals surface area contributed by atoms with E-state index in [2.05, 4.69) is 39.9 Å². The molecule has 0 aliphatic carbocycles. The number of carboxylic acid groups (broad SMARTS) is 1. The Labute approximate surface area is 126 Å². The number of hydrogen-bond acceptors (Lipinski definition) is 4. The summed E-state index contributed by atoms with van der Waals surface area (Å²) in [7, 11) is 0. The number of rotatable bonds is 4. The van der Waals surface area contributed by atoms with Crippen LogP contribution in [0, 0.1) is 0 Å². The zero-order chi connectivity index (χ0) is 14.0. The number of carbonyl (C=O) groups is 1. The fraction of sp³-hybridized carbons (Fsp3) is 0.615. The Morgan fingerprint density at radius 2 is 1.84 bits per heavy atom. The van der Waals surface area contributed by atoms with Crippen LogP contribution in [0.2, 0.25) is 0 Å². The lowest BCUT2D eigenvalue weighted by Crippen LogP contribution is -2.52. The van der Waals surface area contributed by atoms with Crippen molar-refractivity contribution < 1.29 is 9.90 Å². The van der Waals surface area contributed by atoms with Gasteiger partial charge in [0.05, 0.1) is 3.79 Å². The average molecular weight is 347 g/mol. The minimum absolute atomic E-state index is 0.381. The first kappa shape index (κ1) is 15.0. The highest BCUT2D eigenvalue weighted by Crippen LogP contribution is 2.31. The highest BCUT2D eigenvalue weighted by Gasteiger charge is 2.27. The maximum atomic E-state index is 11.0. The molecule has 0 amide bonds. The Balaban J connectivity index is 1.91. The Morgan fingerprint density at radius 3 is 2.32 bits per heavy atom. The van der Waals surface area contributed by atoms with Crippen LogP contribution in [0.15, 0.2) is 15.9 Å². The van der Waals surface area contributed by atoms with Crippen molar-refractivity contribution in [3.05, 3.63) is 20.8 Å². The number of hydrogen-bond donors (Lipinski definition) is 1. The van der Waals surface area contributed by atoms with Crippen LogP contribution in [-0.4, -0.2) is 53.1 Å². The number of thiophene rings is 1. The molecule has 2 heterocycles. The molecule has 6 heteroatoms. The van der Waals surface area contributed by atoms with Gasteiger partial charge in [-0.1, -0.05) is 0 Å². The van der Waals surface area contributed by atoms with Gasteiger partial charge >= 0.3 is 5.97 Å². The van der Waals surface area contributed by atoms with Crippen molar-refractivity contribution in [1.82, 2.24) is 9.80 Å². The van der Waals surface area contributed by atoms with E-state index in [0.29, 0.717) is 6.04 Å². The second kappa shape index (κ2) is 6.35. The average Bonchev–Trinajstić information content (AvgIpc) is 2.84. The van der Waals surface area contributed by atoms with E-state index in [1.54, 1.807) is 18.3 Å². The van der Waals surface area contributed by atoms with Crippen LogP contribution in [0.5, 0.6) is 0 Å². The maximum Gasteiger partial charge on any atom is 0.320 e. The molecule has 1 aromatic heterocycles. The fourth-order valence-corrected chi connectivity index (χ4v) is 3.91. The predicted octanol–water partition coefficient (Wildman–Crippen LogP) is 2.66. The molecule has 106 valence electrons. The Hall–Kier alpha value is -0.430. The lowest BCUT2D eigenvalue weighted by atomic mass is 10.1.